The van der Waals surface area contributed by atoms with E-state index in [2.05, 4.69) is 5.32 Å². The largest absolute Gasteiger partial charge is 0.494 e. The van der Waals surface area contributed by atoms with Crippen LogP contribution >= 0.6 is 0 Å². The van der Waals surface area contributed by atoms with Crippen molar-refractivity contribution < 1.29 is 27.5 Å². The molecule has 0 radical (unpaired) electrons. The van der Waals surface area contributed by atoms with Crippen LogP contribution in [0.1, 0.15) is 23.6 Å². The van der Waals surface area contributed by atoms with Crippen LogP contribution in [-0.4, -0.2) is 23.3 Å². The summed E-state index contributed by atoms with van der Waals surface area (Å²) in [6, 6.07) is 20.2. The smallest absolute Gasteiger partial charge is 0.416 e. The minimum absolute atomic E-state index is 0.0526. The second-order valence-corrected chi connectivity index (χ2v) is 7.60. The Labute approximate surface area is 194 Å². The normalized spacial score (nSPS) is 14.1. The average Bonchev–Trinajstić information content (AvgIpc) is 3.04. The van der Waals surface area contributed by atoms with E-state index in [9.17, 15) is 22.8 Å². The molecule has 0 spiro atoms. The number of nitrogens with one attached hydrogen (secondary N) is 1. The summed E-state index contributed by atoms with van der Waals surface area (Å²) in [5.41, 5.74) is 0.624. The fourth-order valence-corrected chi connectivity index (χ4v) is 3.71. The zero-order valence-corrected chi connectivity index (χ0v) is 18.2. The second-order valence-electron chi connectivity index (χ2n) is 7.60. The Bertz CT molecular complexity index is 1250. The number of amides is 2. The molecule has 1 aliphatic rings. The number of ether oxygens (including phenoxy) is 1. The van der Waals surface area contributed by atoms with Crippen LogP contribution in [0.4, 0.5) is 18.9 Å². The van der Waals surface area contributed by atoms with Gasteiger partial charge in [-0.25, -0.2) is 0 Å². The molecule has 0 aromatic heterocycles. The van der Waals surface area contributed by atoms with Gasteiger partial charge in [-0.05, 0) is 42.3 Å². The van der Waals surface area contributed by atoms with Crippen LogP contribution in [0.3, 0.4) is 0 Å². The molecule has 0 atom stereocenters. The molecule has 2 amide bonds. The summed E-state index contributed by atoms with van der Waals surface area (Å²) in [6.45, 7) is 2.02. The molecule has 1 heterocycles. The first-order valence-electron chi connectivity index (χ1n) is 10.6. The van der Waals surface area contributed by atoms with Gasteiger partial charge in [-0.2, -0.15) is 13.2 Å². The van der Waals surface area contributed by atoms with Crippen molar-refractivity contribution in [3.8, 4) is 5.75 Å². The Morgan fingerprint density at radius 3 is 2.32 bits per heavy atom. The van der Waals surface area contributed by atoms with Gasteiger partial charge in [0.1, 0.15) is 11.4 Å². The third-order valence-corrected chi connectivity index (χ3v) is 5.24. The van der Waals surface area contributed by atoms with Crippen LogP contribution in [0.15, 0.2) is 84.6 Å². The van der Waals surface area contributed by atoms with E-state index in [1.165, 1.54) is 12.1 Å². The summed E-state index contributed by atoms with van der Waals surface area (Å²) < 4.78 is 44.9. The van der Waals surface area contributed by atoms with Crippen LogP contribution in [0.5, 0.6) is 5.75 Å². The number of rotatable bonds is 7. The SMILES string of the molecule is CCOc1cccc(NC2=C(c3ccccc3)C(=O)N(Cc3cccc(C(F)(F)F)c3)C2=O)c1. The molecule has 4 rings (SSSR count). The zero-order chi connectivity index (χ0) is 24.3. The highest BCUT2D eigenvalue weighted by atomic mass is 19.4. The molecule has 1 N–H and O–H groups in total. The van der Waals surface area contributed by atoms with Crippen molar-refractivity contribution in [2.75, 3.05) is 11.9 Å². The quantitative estimate of drug-likeness (QED) is 0.468. The number of anilines is 1. The van der Waals surface area contributed by atoms with Gasteiger partial charge in [0.25, 0.3) is 11.8 Å². The van der Waals surface area contributed by atoms with Crippen molar-refractivity contribution in [3.63, 3.8) is 0 Å². The summed E-state index contributed by atoms with van der Waals surface area (Å²) in [5, 5.41) is 3.03. The molecular formula is C26H21F3N2O3. The molecule has 0 saturated heterocycles. The Morgan fingerprint density at radius 2 is 1.62 bits per heavy atom. The van der Waals surface area contributed by atoms with Gasteiger partial charge in [-0.1, -0.05) is 48.5 Å². The lowest BCUT2D eigenvalue weighted by Gasteiger charge is -2.17. The number of carbonyl (C=O) groups is 2. The maximum Gasteiger partial charge on any atom is 0.416 e. The average molecular weight is 466 g/mol. The highest BCUT2D eigenvalue weighted by molar-refractivity contribution is 6.36. The molecule has 5 nitrogen and oxygen atoms in total. The minimum atomic E-state index is -4.53. The van der Waals surface area contributed by atoms with Gasteiger partial charge in [0, 0.05) is 11.8 Å². The predicted octanol–water partition coefficient (Wildman–Crippen LogP) is 5.50. The number of hydrogen-bond donors (Lipinski definition) is 1. The van der Waals surface area contributed by atoms with E-state index in [-0.39, 0.29) is 23.4 Å². The Balaban J connectivity index is 1.69. The van der Waals surface area contributed by atoms with Crippen molar-refractivity contribution in [2.24, 2.45) is 0 Å². The number of halogens is 3. The molecule has 0 unspecified atom stereocenters. The lowest BCUT2D eigenvalue weighted by molar-refractivity contribution is -0.137. The fraction of sp³-hybridized carbons (Fsp3) is 0.154. The highest BCUT2D eigenvalue weighted by Crippen LogP contribution is 2.33. The Hall–Kier alpha value is -4.07. The summed E-state index contributed by atoms with van der Waals surface area (Å²) in [5.74, 6) is -0.618. The Morgan fingerprint density at radius 1 is 0.882 bits per heavy atom. The minimum Gasteiger partial charge on any atom is -0.494 e. The highest BCUT2D eigenvalue weighted by Gasteiger charge is 2.39. The third kappa shape index (κ3) is 4.80. The molecule has 34 heavy (non-hydrogen) atoms. The molecule has 3 aromatic rings. The molecule has 3 aromatic carbocycles. The van der Waals surface area contributed by atoms with Crippen LogP contribution in [-0.2, 0) is 22.3 Å². The lowest BCUT2D eigenvalue weighted by Crippen LogP contribution is -2.32. The van der Waals surface area contributed by atoms with Crippen LogP contribution in [0.25, 0.3) is 5.57 Å². The van der Waals surface area contributed by atoms with E-state index in [0.717, 1.165) is 17.0 Å². The van der Waals surface area contributed by atoms with Gasteiger partial charge in [0.2, 0.25) is 0 Å². The van der Waals surface area contributed by atoms with E-state index < -0.39 is 23.6 Å². The van der Waals surface area contributed by atoms with Gasteiger partial charge in [-0.3, -0.25) is 14.5 Å². The van der Waals surface area contributed by atoms with Gasteiger partial charge < -0.3 is 10.1 Å². The van der Waals surface area contributed by atoms with E-state index in [1.807, 2.05) is 6.92 Å². The number of alkyl halides is 3. The van der Waals surface area contributed by atoms with Gasteiger partial charge in [0.15, 0.2) is 0 Å². The molecule has 0 fully saturated rings. The monoisotopic (exact) mass is 466 g/mol. The standard InChI is InChI=1S/C26H21F3N2O3/c1-2-34-21-13-7-12-20(15-21)30-23-22(18-9-4-3-5-10-18)24(32)31(25(23)33)16-17-8-6-11-19(14-17)26(27,28)29/h3-15,30H,2,16H2,1H3. The first-order chi connectivity index (χ1) is 16.3. The summed E-state index contributed by atoms with van der Waals surface area (Å²) in [4.78, 5) is 27.6. The predicted molar refractivity (Wildman–Crippen MR) is 122 cm³/mol. The molecule has 0 saturated carbocycles. The maximum atomic E-state index is 13.3. The van der Waals surface area contributed by atoms with Crippen LogP contribution < -0.4 is 10.1 Å². The molecule has 174 valence electrons. The molecule has 0 aliphatic carbocycles. The van der Waals surface area contributed by atoms with Gasteiger partial charge in [0.05, 0.1) is 24.3 Å². The first kappa shape index (κ1) is 23.1. The van der Waals surface area contributed by atoms with E-state index in [0.29, 0.717) is 23.6 Å². The topological polar surface area (TPSA) is 58.6 Å². The number of benzene rings is 3. The fourth-order valence-electron chi connectivity index (χ4n) is 3.71. The number of imide groups is 1. The van der Waals surface area contributed by atoms with Crippen LogP contribution in [0, 0.1) is 0 Å². The van der Waals surface area contributed by atoms with Gasteiger partial charge in [-0.15, -0.1) is 0 Å². The van der Waals surface area contributed by atoms with Crippen molar-refractivity contribution in [3.05, 3.63) is 101 Å². The summed E-state index contributed by atoms with van der Waals surface area (Å²) in [6.07, 6.45) is -4.53. The Kier molecular flexibility index (Phi) is 6.40. The molecule has 8 heteroatoms. The van der Waals surface area contributed by atoms with E-state index in [1.54, 1.807) is 54.6 Å². The molecule has 0 bridgehead atoms. The molecular weight excluding hydrogens is 445 g/mol. The summed E-state index contributed by atoms with van der Waals surface area (Å²) in [7, 11) is 0. The maximum absolute atomic E-state index is 13.3. The number of hydrogen-bond acceptors (Lipinski definition) is 4. The number of carbonyl (C=O) groups excluding carboxylic acids is 2. The van der Waals surface area contributed by atoms with Gasteiger partial charge >= 0.3 is 6.18 Å². The lowest BCUT2D eigenvalue weighted by atomic mass is 10.0. The number of nitrogens with zero attached hydrogens (tertiary/aromatic N) is 1. The third-order valence-electron chi connectivity index (χ3n) is 5.24. The van der Waals surface area contributed by atoms with Crippen molar-refractivity contribution in [1.29, 1.82) is 0 Å². The van der Waals surface area contributed by atoms with E-state index >= 15 is 0 Å². The van der Waals surface area contributed by atoms with Crippen molar-refractivity contribution in [2.45, 2.75) is 19.6 Å². The first-order valence-corrected chi connectivity index (χ1v) is 10.6. The zero-order valence-electron chi connectivity index (χ0n) is 18.2. The summed E-state index contributed by atoms with van der Waals surface area (Å²) >= 11 is 0. The second kappa shape index (κ2) is 9.43. The van der Waals surface area contributed by atoms with Crippen molar-refractivity contribution >= 4 is 23.1 Å². The van der Waals surface area contributed by atoms with Crippen LogP contribution in [0.2, 0.25) is 0 Å². The molecule has 1 aliphatic heterocycles. The van der Waals surface area contributed by atoms with E-state index in [4.69, 9.17) is 4.74 Å². The van der Waals surface area contributed by atoms with Crippen molar-refractivity contribution in [1.82, 2.24) is 4.90 Å².